The topological polar surface area (TPSA) is 23.5 Å². The molecule has 0 heterocycles. The van der Waals surface area contributed by atoms with Crippen molar-refractivity contribution in [1.29, 1.82) is 0 Å². The highest BCUT2D eigenvalue weighted by atomic mass is 16.3. The Hall–Kier alpha value is -0.0800. The molecule has 0 aromatic heterocycles. The van der Waals surface area contributed by atoms with Gasteiger partial charge >= 0.3 is 0 Å². The fraction of sp³-hybridized carbons (Fsp3) is 1.00. The summed E-state index contributed by atoms with van der Waals surface area (Å²) >= 11 is 0. The van der Waals surface area contributed by atoms with E-state index in [1.165, 1.54) is 6.42 Å². The monoisotopic (exact) mass is 241 g/mol. The summed E-state index contributed by atoms with van der Waals surface area (Å²) < 4.78 is 0. The molecule has 1 fully saturated rings. The molecule has 4 unspecified atom stereocenters. The average Bonchev–Trinajstić information content (AvgIpc) is 2.26. The van der Waals surface area contributed by atoms with Gasteiger partial charge in [-0.15, -0.1) is 0 Å². The molecular formula is C15H31NO. The summed E-state index contributed by atoms with van der Waals surface area (Å²) in [6.45, 7) is 11.5. The Kier molecular flexibility index (Phi) is 5.03. The zero-order valence-electron chi connectivity index (χ0n) is 12.5. The fourth-order valence-corrected chi connectivity index (χ4v) is 2.97. The van der Waals surface area contributed by atoms with Crippen LogP contribution in [0.15, 0.2) is 0 Å². The van der Waals surface area contributed by atoms with Crippen LogP contribution in [-0.2, 0) is 0 Å². The molecule has 0 amide bonds. The molecule has 4 atom stereocenters. The quantitative estimate of drug-likeness (QED) is 0.819. The highest BCUT2D eigenvalue weighted by Crippen LogP contribution is 2.39. The second kappa shape index (κ2) is 5.71. The maximum atomic E-state index is 10.2. The van der Waals surface area contributed by atoms with Crippen LogP contribution in [0.25, 0.3) is 0 Å². The smallest absolute Gasteiger partial charge is 0.0695 e. The molecule has 1 rings (SSSR count). The van der Waals surface area contributed by atoms with Crippen molar-refractivity contribution in [3.63, 3.8) is 0 Å². The number of hydrogen-bond donors (Lipinski definition) is 1. The third-order valence-electron chi connectivity index (χ3n) is 4.81. The van der Waals surface area contributed by atoms with Crippen LogP contribution in [0.2, 0.25) is 0 Å². The van der Waals surface area contributed by atoms with E-state index in [2.05, 4.69) is 46.6 Å². The average molecular weight is 241 g/mol. The van der Waals surface area contributed by atoms with E-state index >= 15 is 0 Å². The Morgan fingerprint density at radius 3 is 2.35 bits per heavy atom. The van der Waals surface area contributed by atoms with E-state index in [4.69, 9.17) is 0 Å². The molecule has 2 nitrogen and oxygen atoms in total. The Balaban J connectivity index is 2.70. The van der Waals surface area contributed by atoms with Crippen molar-refractivity contribution >= 4 is 0 Å². The third-order valence-corrected chi connectivity index (χ3v) is 4.81. The van der Waals surface area contributed by atoms with Gasteiger partial charge in [-0.2, -0.15) is 0 Å². The van der Waals surface area contributed by atoms with Gasteiger partial charge in [0.1, 0.15) is 0 Å². The second-order valence-electron chi connectivity index (χ2n) is 6.93. The van der Waals surface area contributed by atoms with Crippen molar-refractivity contribution in [3.05, 3.63) is 0 Å². The minimum atomic E-state index is -0.132. The van der Waals surface area contributed by atoms with Gasteiger partial charge in [-0.25, -0.2) is 0 Å². The van der Waals surface area contributed by atoms with Gasteiger partial charge in [-0.3, -0.25) is 4.90 Å². The fourth-order valence-electron chi connectivity index (χ4n) is 2.97. The first-order valence-corrected chi connectivity index (χ1v) is 7.17. The molecule has 0 aromatic rings. The molecule has 0 saturated heterocycles. The zero-order valence-corrected chi connectivity index (χ0v) is 12.5. The number of nitrogens with zero attached hydrogens (tertiary/aromatic N) is 1. The van der Waals surface area contributed by atoms with Crippen LogP contribution < -0.4 is 0 Å². The Bertz CT molecular complexity index is 234. The first kappa shape index (κ1) is 15.0. The van der Waals surface area contributed by atoms with Crippen LogP contribution >= 0.6 is 0 Å². The van der Waals surface area contributed by atoms with Crippen molar-refractivity contribution in [3.8, 4) is 0 Å². The van der Waals surface area contributed by atoms with Crippen LogP contribution in [0.5, 0.6) is 0 Å². The first-order chi connectivity index (χ1) is 7.77. The van der Waals surface area contributed by atoms with E-state index in [1.807, 2.05) is 0 Å². The number of rotatable bonds is 3. The molecule has 102 valence electrons. The molecule has 0 radical (unpaired) electrons. The third kappa shape index (κ3) is 3.69. The highest BCUT2D eigenvalue weighted by molar-refractivity contribution is 4.90. The van der Waals surface area contributed by atoms with Gasteiger partial charge < -0.3 is 5.11 Å². The molecule has 0 aliphatic heterocycles. The number of likely N-dealkylation sites (N-methyl/N-ethyl adjacent to an activating group) is 1. The van der Waals surface area contributed by atoms with Crippen LogP contribution in [0.3, 0.4) is 0 Å². The standard InChI is InChI=1S/C15H31NO/c1-7-11(2)16(6)13-10-12(15(3,4)5)8-9-14(13)17/h11-14,17H,7-10H2,1-6H3. The number of hydrogen-bond acceptors (Lipinski definition) is 2. The summed E-state index contributed by atoms with van der Waals surface area (Å²) in [4.78, 5) is 2.39. The van der Waals surface area contributed by atoms with Gasteiger partial charge in [0.25, 0.3) is 0 Å². The summed E-state index contributed by atoms with van der Waals surface area (Å²) in [5.41, 5.74) is 0.370. The van der Waals surface area contributed by atoms with Gasteiger partial charge in [0, 0.05) is 12.1 Å². The van der Waals surface area contributed by atoms with Gasteiger partial charge in [0.15, 0.2) is 0 Å². The predicted molar refractivity (Wildman–Crippen MR) is 74.1 cm³/mol. The predicted octanol–water partition coefficient (Wildman–Crippen LogP) is 3.29. The molecule has 1 aliphatic carbocycles. The molecule has 0 aromatic carbocycles. The molecular weight excluding hydrogens is 210 g/mol. The number of aliphatic hydroxyl groups excluding tert-OH is 1. The van der Waals surface area contributed by atoms with Crippen molar-refractivity contribution in [2.75, 3.05) is 7.05 Å². The van der Waals surface area contributed by atoms with Crippen LogP contribution in [0, 0.1) is 11.3 Å². The van der Waals surface area contributed by atoms with Crippen molar-refractivity contribution < 1.29 is 5.11 Å². The highest BCUT2D eigenvalue weighted by Gasteiger charge is 2.37. The lowest BCUT2D eigenvalue weighted by atomic mass is 9.70. The van der Waals surface area contributed by atoms with Crippen molar-refractivity contribution in [2.45, 2.75) is 78.5 Å². The van der Waals surface area contributed by atoms with Gasteiger partial charge in [-0.1, -0.05) is 27.7 Å². The summed E-state index contributed by atoms with van der Waals surface area (Å²) in [5.74, 6) is 0.738. The summed E-state index contributed by atoms with van der Waals surface area (Å²) in [6, 6.07) is 0.913. The first-order valence-electron chi connectivity index (χ1n) is 7.17. The van der Waals surface area contributed by atoms with E-state index in [1.54, 1.807) is 0 Å². The number of aliphatic hydroxyl groups is 1. The minimum absolute atomic E-state index is 0.132. The molecule has 1 N–H and O–H groups in total. The molecule has 1 aliphatic rings. The summed E-state index contributed by atoms with van der Waals surface area (Å²) in [7, 11) is 2.17. The molecule has 0 spiro atoms. The lowest BCUT2D eigenvalue weighted by molar-refractivity contribution is -0.0203. The van der Waals surface area contributed by atoms with Gasteiger partial charge in [0.05, 0.1) is 6.10 Å². The van der Waals surface area contributed by atoms with Gasteiger partial charge in [0.2, 0.25) is 0 Å². The molecule has 17 heavy (non-hydrogen) atoms. The van der Waals surface area contributed by atoms with Crippen molar-refractivity contribution in [2.24, 2.45) is 11.3 Å². The lowest BCUT2D eigenvalue weighted by Gasteiger charge is -2.45. The molecule has 0 bridgehead atoms. The Labute approximate surface area is 107 Å². The zero-order chi connectivity index (χ0) is 13.2. The molecule has 2 heteroatoms. The summed E-state index contributed by atoms with van der Waals surface area (Å²) in [5, 5.41) is 10.2. The van der Waals surface area contributed by atoms with E-state index in [-0.39, 0.29) is 6.10 Å². The SMILES string of the molecule is CCC(C)N(C)C1CC(C(C)(C)C)CCC1O. The largest absolute Gasteiger partial charge is 0.391 e. The van der Waals surface area contributed by atoms with E-state index in [0.717, 1.165) is 25.2 Å². The van der Waals surface area contributed by atoms with Crippen LogP contribution in [0.1, 0.15) is 60.3 Å². The van der Waals surface area contributed by atoms with E-state index in [9.17, 15) is 5.11 Å². The molecule has 1 saturated carbocycles. The van der Waals surface area contributed by atoms with Crippen LogP contribution in [-0.4, -0.2) is 35.2 Å². The van der Waals surface area contributed by atoms with E-state index in [0.29, 0.717) is 17.5 Å². The van der Waals surface area contributed by atoms with E-state index < -0.39 is 0 Å². The second-order valence-corrected chi connectivity index (χ2v) is 6.93. The maximum Gasteiger partial charge on any atom is 0.0695 e. The van der Waals surface area contributed by atoms with Crippen molar-refractivity contribution in [1.82, 2.24) is 4.90 Å². The Morgan fingerprint density at radius 1 is 1.29 bits per heavy atom. The van der Waals surface area contributed by atoms with Crippen LogP contribution in [0.4, 0.5) is 0 Å². The lowest BCUT2D eigenvalue weighted by Crippen LogP contribution is -2.50. The summed E-state index contributed by atoms with van der Waals surface area (Å²) in [6.07, 6.45) is 4.31. The maximum absolute atomic E-state index is 10.2. The van der Waals surface area contributed by atoms with Gasteiger partial charge in [-0.05, 0) is 51.0 Å². The minimum Gasteiger partial charge on any atom is -0.391 e. The Morgan fingerprint density at radius 2 is 1.88 bits per heavy atom. The normalized spacial score (nSPS) is 32.8.